The lowest BCUT2D eigenvalue weighted by Crippen LogP contribution is -2.28. The molecule has 0 saturated heterocycles. The minimum Gasteiger partial charge on any atom is -0.324 e. The molecule has 2 atom stereocenters. The summed E-state index contributed by atoms with van der Waals surface area (Å²) in [4.78, 5) is 0. The van der Waals surface area contributed by atoms with Gasteiger partial charge in [0.25, 0.3) is 0 Å². The average molecular weight is 334 g/mol. The number of halogens is 2. The first kappa shape index (κ1) is 13.8. The Bertz CT molecular complexity index is 626. The van der Waals surface area contributed by atoms with Crippen LogP contribution in [-0.4, -0.2) is 0 Å². The van der Waals surface area contributed by atoms with E-state index in [4.69, 9.17) is 5.73 Å². The van der Waals surface area contributed by atoms with Crippen molar-refractivity contribution in [1.29, 1.82) is 0 Å². The number of hydrogen-bond donors (Lipinski definition) is 1. The van der Waals surface area contributed by atoms with Gasteiger partial charge in [-0.3, -0.25) is 0 Å². The largest absolute Gasteiger partial charge is 0.324 e. The molecule has 0 saturated carbocycles. The molecular weight excluding hydrogens is 317 g/mol. The van der Waals surface area contributed by atoms with Crippen LogP contribution < -0.4 is 5.73 Å². The number of nitrogens with two attached hydrogens (primary N) is 1. The molecule has 20 heavy (non-hydrogen) atoms. The van der Waals surface area contributed by atoms with Crippen LogP contribution in [-0.2, 0) is 12.8 Å². The zero-order valence-corrected chi connectivity index (χ0v) is 12.7. The fourth-order valence-corrected chi connectivity index (χ4v) is 3.51. The zero-order chi connectivity index (χ0) is 14.1. The van der Waals surface area contributed by atoms with Gasteiger partial charge in [-0.1, -0.05) is 36.4 Å². The van der Waals surface area contributed by atoms with Gasteiger partial charge in [0.2, 0.25) is 0 Å². The van der Waals surface area contributed by atoms with Crippen LogP contribution in [0.3, 0.4) is 0 Å². The first-order valence-electron chi connectivity index (χ1n) is 6.93. The Labute approximate surface area is 127 Å². The number of hydrogen-bond acceptors (Lipinski definition) is 1. The molecule has 0 heterocycles. The number of fused-ring (bicyclic) bond motifs is 1. The van der Waals surface area contributed by atoms with Gasteiger partial charge in [-0.2, -0.15) is 0 Å². The van der Waals surface area contributed by atoms with Gasteiger partial charge in [0.15, 0.2) is 0 Å². The van der Waals surface area contributed by atoms with E-state index < -0.39 is 0 Å². The minimum atomic E-state index is -0.202. The van der Waals surface area contributed by atoms with Crippen LogP contribution in [0.2, 0.25) is 0 Å². The van der Waals surface area contributed by atoms with Gasteiger partial charge in [0.1, 0.15) is 5.82 Å². The van der Waals surface area contributed by atoms with E-state index >= 15 is 0 Å². The summed E-state index contributed by atoms with van der Waals surface area (Å²) in [6.07, 6.45) is 2.93. The molecular formula is C17H17BrFN. The molecule has 2 aromatic carbocycles. The molecule has 0 amide bonds. The molecule has 0 spiro atoms. The molecule has 104 valence electrons. The van der Waals surface area contributed by atoms with Crippen LogP contribution in [0.4, 0.5) is 4.39 Å². The first-order valence-corrected chi connectivity index (χ1v) is 7.72. The quantitative estimate of drug-likeness (QED) is 0.866. The van der Waals surface area contributed by atoms with E-state index in [1.54, 1.807) is 6.07 Å². The third kappa shape index (κ3) is 2.52. The van der Waals surface area contributed by atoms with Gasteiger partial charge in [-0.05, 0) is 63.9 Å². The summed E-state index contributed by atoms with van der Waals surface area (Å²) in [5.74, 6) is 0.162. The van der Waals surface area contributed by atoms with E-state index in [0.29, 0.717) is 10.4 Å². The molecule has 3 heteroatoms. The lowest BCUT2D eigenvalue weighted by molar-refractivity contribution is 0.375. The molecule has 0 aromatic heterocycles. The van der Waals surface area contributed by atoms with Gasteiger partial charge in [0.05, 0.1) is 4.47 Å². The second kappa shape index (κ2) is 5.66. The third-order valence-electron chi connectivity index (χ3n) is 4.22. The van der Waals surface area contributed by atoms with E-state index in [2.05, 4.69) is 34.1 Å². The molecule has 1 aliphatic rings. The summed E-state index contributed by atoms with van der Waals surface area (Å²) in [6.45, 7) is 0. The highest BCUT2D eigenvalue weighted by Gasteiger charge is 2.27. The summed E-state index contributed by atoms with van der Waals surface area (Å²) in [5, 5.41) is 0. The topological polar surface area (TPSA) is 26.0 Å². The molecule has 1 nitrogen and oxygen atoms in total. The highest BCUT2D eigenvalue weighted by Crippen LogP contribution is 2.36. The van der Waals surface area contributed by atoms with Gasteiger partial charge in [-0.15, -0.1) is 0 Å². The standard InChI is InChI=1S/C17H17BrFN/c18-16-12(5-3-7-15(16)19)10-13-9-8-11-4-1-2-6-14(11)17(13)20/h1-7,13,17H,8-10,20H2. The monoisotopic (exact) mass is 333 g/mol. The van der Waals surface area contributed by atoms with Crippen molar-refractivity contribution in [2.75, 3.05) is 0 Å². The third-order valence-corrected chi connectivity index (χ3v) is 5.11. The molecule has 0 radical (unpaired) electrons. The van der Waals surface area contributed by atoms with E-state index in [1.807, 2.05) is 12.1 Å². The first-order chi connectivity index (χ1) is 9.66. The second-order valence-electron chi connectivity index (χ2n) is 5.44. The summed E-state index contributed by atoms with van der Waals surface area (Å²) in [6, 6.07) is 13.6. The second-order valence-corrected chi connectivity index (χ2v) is 6.23. The fourth-order valence-electron chi connectivity index (χ4n) is 3.08. The van der Waals surface area contributed by atoms with Gasteiger partial charge in [0, 0.05) is 6.04 Å². The lowest BCUT2D eigenvalue weighted by atomic mass is 9.77. The van der Waals surface area contributed by atoms with Crippen molar-refractivity contribution in [2.24, 2.45) is 11.7 Å². The van der Waals surface area contributed by atoms with Gasteiger partial charge in [-0.25, -0.2) is 4.39 Å². The SMILES string of the molecule is NC1c2ccccc2CCC1Cc1cccc(F)c1Br. The summed E-state index contributed by atoms with van der Waals surface area (Å²) in [7, 11) is 0. The summed E-state index contributed by atoms with van der Waals surface area (Å²) < 4.78 is 14.2. The highest BCUT2D eigenvalue weighted by atomic mass is 79.9. The Kier molecular flexibility index (Phi) is 3.90. The molecule has 0 fully saturated rings. The number of benzene rings is 2. The molecule has 0 aliphatic heterocycles. The Morgan fingerprint density at radius 2 is 1.95 bits per heavy atom. The average Bonchev–Trinajstić information content (AvgIpc) is 2.47. The van der Waals surface area contributed by atoms with Crippen molar-refractivity contribution in [2.45, 2.75) is 25.3 Å². The van der Waals surface area contributed by atoms with E-state index in [9.17, 15) is 4.39 Å². The fraction of sp³-hybridized carbons (Fsp3) is 0.294. The van der Waals surface area contributed by atoms with Crippen molar-refractivity contribution >= 4 is 15.9 Å². The molecule has 1 aliphatic carbocycles. The smallest absolute Gasteiger partial charge is 0.137 e. The predicted octanol–water partition coefficient (Wildman–Crippen LogP) is 4.39. The van der Waals surface area contributed by atoms with E-state index in [1.165, 1.54) is 17.2 Å². The number of aryl methyl sites for hydroxylation is 1. The summed E-state index contributed by atoms with van der Waals surface area (Å²) >= 11 is 3.34. The molecule has 3 rings (SSSR count). The Morgan fingerprint density at radius 3 is 2.80 bits per heavy atom. The van der Waals surface area contributed by atoms with Crippen molar-refractivity contribution in [3.8, 4) is 0 Å². The molecule has 0 bridgehead atoms. The molecule has 2 unspecified atom stereocenters. The lowest BCUT2D eigenvalue weighted by Gasteiger charge is -2.31. The van der Waals surface area contributed by atoms with Crippen molar-refractivity contribution in [3.05, 3.63) is 69.4 Å². The normalized spacial score (nSPS) is 21.6. The van der Waals surface area contributed by atoms with Crippen molar-refractivity contribution in [1.82, 2.24) is 0 Å². The number of rotatable bonds is 2. The maximum Gasteiger partial charge on any atom is 0.137 e. The van der Waals surface area contributed by atoms with E-state index in [-0.39, 0.29) is 11.9 Å². The Morgan fingerprint density at radius 1 is 1.15 bits per heavy atom. The Hall–Kier alpha value is -1.19. The van der Waals surface area contributed by atoms with Crippen molar-refractivity contribution < 1.29 is 4.39 Å². The highest BCUT2D eigenvalue weighted by molar-refractivity contribution is 9.10. The van der Waals surface area contributed by atoms with Crippen molar-refractivity contribution in [3.63, 3.8) is 0 Å². The maximum atomic E-state index is 13.6. The Balaban J connectivity index is 1.85. The molecule has 2 N–H and O–H groups in total. The van der Waals surface area contributed by atoms with Crippen LogP contribution in [0.5, 0.6) is 0 Å². The van der Waals surface area contributed by atoms with Crippen LogP contribution in [0.1, 0.15) is 29.2 Å². The van der Waals surface area contributed by atoms with Gasteiger partial charge >= 0.3 is 0 Å². The minimum absolute atomic E-state index is 0.0371. The van der Waals surface area contributed by atoms with Crippen LogP contribution in [0, 0.1) is 11.7 Å². The van der Waals surface area contributed by atoms with Crippen LogP contribution in [0.25, 0.3) is 0 Å². The summed E-state index contributed by atoms with van der Waals surface area (Å²) in [5.41, 5.74) is 10.0. The zero-order valence-electron chi connectivity index (χ0n) is 11.2. The maximum absolute atomic E-state index is 13.6. The van der Waals surface area contributed by atoms with Crippen LogP contribution >= 0.6 is 15.9 Å². The van der Waals surface area contributed by atoms with Gasteiger partial charge < -0.3 is 5.73 Å². The van der Waals surface area contributed by atoms with Crippen LogP contribution in [0.15, 0.2) is 46.9 Å². The molecule has 2 aromatic rings. The predicted molar refractivity (Wildman–Crippen MR) is 83.0 cm³/mol. The van der Waals surface area contributed by atoms with E-state index in [0.717, 1.165) is 24.8 Å².